The van der Waals surface area contributed by atoms with Crippen molar-refractivity contribution in [2.45, 2.75) is 39.4 Å². The molecule has 1 aromatic carbocycles. The lowest BCUT2D eigenvalue weighted by Gasteiger charge is -2.22. The first kappa shape index (κ1) is 19.3. The third kappa shape index (κ3) is 5.24. The third-order valence-electron chi connectivity index (χ3n) is 4.37. The fourth-order valence-corrected chi connectivity index (χ4v) is 3.57. The van der Waals surface area contributed by atoms with Gasteiger partial charge in [-0.15, -0.1) is 11.3 Å². The van der Waals surface area contributed by atoms with E-state index in [0.29, 0.717) is 29.1 Å². The summed E-state index contributed by atoms with van der Waals surface area (Å²) in [6.07, 6.45) is 0.883. The maximum Gasteiger partial charge on any atom is 0.268 e. The highest BCUT2D eigenvalue weighted by Crippen LogP contribution is 2.15. The van der Waals surface area contributed by atoms with E-state index in [1.54, 1.807) is 0 Å². The van der Waals surface area contributed by atoms with E-state index < -0.39 is 0 Å². The molecule has 6 nitrogen and oxygen atoms in total. The molecule has 0 fully saturated rings. The molecule has 2 aromatic heterocycles. The fourth-order valence-electron chi connectivity index (χ4n) is 2.84. The number of nitrogens with zero attached hydrogens (tertiary/aromatic N) is 2. The Hall–Kier alpha value is -2.51. The first-order valence-corrected chi connectivity index (χ1v) is 9.95. The molecule has 0 spiro atoms. The standard InChI is InChI=1S/C20H24N4O2S/c1-3-14(2)21-18(25)13-24(11-15-7-5-4-6-8-15)12-17-22-16-9-10-27-19(16)20(26)23-17/h4-10,14H,3,11-13H2,1-2H3,(H,21,25)(H,22,23,26). The predicted molar refractivity (Wildman–Crippen MR) is 109 cm³/mol. The number of H-pyrrole nitrogens is 1. The van der Waals surface area contributed by atoms with Gasteiger partial charge in [-0.3, -0.25) is 14.5 Å². The zero-order valence-corrected chi connectivity index (χ0v) is 16.4. The van der Waals surface area contributed by atoms with Gasteiger partial charge in [0.15, 0.2) is 0 Å². The van der Waals surface area contributed by atoms with Crippen LogP contribution in [0.4, 0.5) is 0 Å². The Labute approximate surface area is 162 Å². The molecule has 0 saturated carbocycles. The summed E-state index contributed by atoms with van der Waals surface area (Å²) in [6, 6.07) is 11.9. The molecule has 0 aliphatic carbocycles. The first-order chi connectivity index (χ1) is 13.0. The van der Waals surface area contributed by atoms with Gasteiger partial charge < -0.3 is 10.3 Å². The van der Waals surface area contributed by atoms with Crippen molar-refractivity contribution >= 4 is 27.5 Å². The monoisotopic (exact) mass is 384 g/mol. The van der Waals surface area contributed by atoms with Crippen molar-refractivity contribution in [3.05, 3.63) is 63.5 Å². The number of hydrogen-bond acceptors (Lipinski definition) is 5. The van der Waals surface area contributed by atoms with Crippen LogP contribution in [0.1, 0.15) is 31.7 Å². The summed E-state index contributed by atoms with van der Waals surface area (Å²) >= 11 is 1.38. The highest BCUT2D eigenvalue weighted by atomic mass is 32.1. The minimum Gasteiger partial charge on any atom is -0.353 e. The van der Waals surface area contributed by atoms with E-state index in [1.165, 1.54) is 11.3 Å². The minimum absolute atomic E-state index is 0.0285. The molecule has 2 heterocycles. The lowest BCUT2D eigenvalue weighted by molar-refractivity contribution is -0.123. The van der Waals surface area contributed by atoms with E-state index in [9.17, 15) is 9.59 Å². The number of fused-ring (bicyclic) bond motifs is 1. The number of carbonyl (C=O) groups is 1. The second kappa shape index (κ2) is 8.92. The lowest BCUT2D eigenvalue weighted by atomic mass is 10.2. The van der Waals surface area contributed by atoms with Crippen LogP contribution in [0.3, 0.4) is 0 Å². The van der Waals surface area contributed by atoms with Crippen LogP contribution in [-0.2, 0) is 17.9 Å². The van der Waals surface area contributed by atoms with Gasteiger partial charge >= 0.3 is 0 Å². The van der Waals surface area contributed by atoms with Gasteiger partial charge in [-0.25, -0.2) is 4.98 Å². The smallest absolute Gasteiger partial charge is 0.268 e. The van der Waals surface area contributed by atoms with Crippen LogP contribution in [0.5, 0.6) is 0 Å². The zero-order chi connectivity index (χ0) is 19.2. The van der Waals surface area contributed by atoms with Gasteiger partial charge in [-0.1, -0.05) is 37.3 Å². The highest BCUT2D eigenvalue weighted by molar-refractivity contribution is 7.17. The summed E-state index contributed by atoms with van der Waals surface area (Å²) in [4.78, 5) is 34.0. The number of nitrogens with one attached hydrogen (secondary N) is 2. The third-order valence-corrected chi connectivity index (χ3v) is 5.28. The minimum atomic E-state index is -0.131. The van der Waals surface area contributed by atoms with E-state index >= 15 is 0 Å². The maximum absolute atomic E-state index is 12.4. The van der Waals surface area contributed by atoms with Gasteiger partial charge in [0.05, 0.1) is 18.6 Å². The zero-order valence-electron chi connectivity index (χ0n) is 15.6. The van der Waals surface area contributed by atoms with Gasteiger partial charge in [0.1, 0.15) is 10.5 Å². The molecule has 0 aliphatic heterocycles. The van der Waals surface area contributed by atoms with Crippen molar-refractivity contribution in [1.82, 2.24) is 20.2 Å². The Kier molecular flexibility index (Phi) is 6.36. The molecule has 0 aliphatic rings. The number of aromatic amines is 1. The molecule has 1 unspecified atom stereocenters. The van der Waals surface area contributed by atoms with E-state index in [-0.39, 0.29) is 24.1 Å². The summed E-state index contributed by atoms with van der Waals surface area (Å²) in [5, 5.41) is 4.86. The molecular weight excluding hydrogens is 360 g/mol. The molecule has 0 bridgehead atoms. The summed E-state index contributed by atoms with van der Waals surface area (Å²) < 4.78 is 0.628. The van der Waals surface area contributed by atoms with E-state index in [2.05, 4.69) is 15.3 Å². The number of amides is 1. The Balaban J connectivity index is 1.79. The molecule has 0 saturated heterocycles. The van der Waals surface area contributed by atoms with Crippen LogP contribution in [0, 0.1) is 0 Å². The Morgan fingerprint density at radius 3 is 2.78 bits per heavy atom. The summed E-state index contributed by atoms with van der Waals surface area (Å²) in [6.45, 7) is 5.26. The second-order valence-electron chi connectivity index (χ2n) is 6.66. The molecule has 0 radical (unpaired) electrons. The second-order valence-corrected chi connectivity index (χ2v) is 7.57. The maximum atomic E-state index is 12.4. The van der Waals surface area contributed by atoms with Crippen molar-refractivity contribution in [2.75, 3.05) is 6.54 Å². The van der Waals surface area contributed by atoms with Gasteiger partial charge in [-0.05, 0) is 30.4 Å². The van der Waals surface area contributed by atoms with E-state index in [0.717, 1.165) is 12.0 Å². The molecule has 1 amide bonds. The molecule has 2 N–H and O–H groups in total. The number of hydrogen-bond donors (Lipinski definition) is 2. The number of thiophene rings is 1. The molecule has 27 heavy (non-hydrogen) atoms. The van der Waals surface area contributed by atoms with Crippen molar-refractivity contribution in [2.24, 2.45) is 0 Å². The van der Waals surface area contributed by atoms with Gasteiger partial charge in [0.2, 0.25) is 5.91 Å². The number of aromatic nitrogens is 2. The molecular formula is C20H24N4O2S. The average Bonchev–Trinajstić information content (AvgIpc) is 3.11. The first-order valence-electron chi connectivity index (χ1n) is 9.07. The van der Waals surface area contributed by atoms with Gasteiger partial charge in [0.25, 0.3) is 5.56 Å². The summed E-state index contributed by atoms with van der Waals surface area (Å²) in [5.74, 6) is 0.539. The van der Waals surface area contributed by atoms with Crippen LogP contribution in [-0.4, -0.2) is 33.4 Å². The van der Waals surface area contributed by atoms with Crippen molar-refractivity contribution < 1.29 is 4.79 Å². The molecule has 142 valence electrons. The summed E-state index contributed by atoms with van der Waals surface area (Å²) in [5.41, 5.74) is 1.67. The Morgan fingerprint density at radius 2 is 2.04 bits per heavy atom. The predicted octanol–water partition coefficient (Wildman–Crippen LogP) is 2.90. The fraction of sp³-hybridized carbons (Fsp3) is 0.350. The quantitative estimate of drug-likeness (QED) is 0.626. The number of carbonyl (C=O) groups excluding carboxylic acids is 1. The normalized spacial score (nSPS) is 12.4. The number of rotatable bonds is 8. The van der Waals surface area contributed by atoms with Crippen molar-refractivity contribution in [1.29, 1.82) is 0 Å². The van der Waals surface area contributed by atoms with Crippen molar-refractivity contribution in [3.63, 3.8) is 0 Å². The Bertz CT molecular complexity index is 951. The molecule has 7 heteroatoms. The lowest BCUT2D eigenvalue weighted by Crippen LogP contribution is -2.40. The van der Waals surface area contributed by atoms with Crippen molar-refractivity contribution in [3.8, 4) is 0 Å². The largest absolute Gasteiger partial charge is 0.353 e. The molecule has 1 atom stereocenters. The van der Waals surface area contributed by atoms with E-state index in [4.69, 9.17) is 0 Å². The van der Waals surface area contributed by atoms with Gasteiger partial charge in [0, 0.05) is 12.6 Å². The Morgan fingerprint density at radius 1 is 1.26 bits per heavy atom. The van der Waals surface area contributed by atoms with Gasteiger partial charge in [-0.2, -0.15) is 0 Å². The van der Waals surface area contributed by atoms with E-state index in [1.807, 2.05) is 60.5 Å². The van der Waals surface area contributed by atoms with Crippen LogP contribution in [0.2, 0.25) is 0 Å². The highest BCUT2D eigenvalue weighted by Gasteiger charge is 2.15. The molecule has 3 aromatic rings. The molecule has 3 rings (SSSR count). The summed E-state index contributed by atoms with van der Waals surface area (Å²) in [7, 11) is 0. The SMILES string of the molecule is CCC(C)NC(=O)CN(Cc1ccccc1)Cc1nc2ccsc2c(=O)[nH]1. The van der Waals surface area contributed by atoms with Crippen LogP contribution >= 0.6 is 11.3 Å². The topological polar surface area (TPSA) is 78.1 Å². The van der Waals surface area contributed by atoms with Crippen LogP contribution in [0.15, 0.2) is 46.6 Å². The average molecular weight is 385 g/mol. The van der Waals surface area contributed by atoms with Crippen LogP contribution < -0.4 is 10.9 Å². The number of benzene rings is 1. The van der Waals surface area contributed by atoms with Crippen LogP contribution in [0.25, 0.3) is 10.2 Å².